The van der Waals surface area contributed by atoms with E-state index in [0.717, 1.165) is 11.3 Å². The van der Waals surface area contributed by atoms with Crippen LogP contribution < -0.4 is 5.32 Å². The summed E-state index contributed by atoms with van der Waals surface area (Å²) in [5, 5.41) is 7.24. The van der Waals surface area contributed by atoms with Crippen LogP contribution in [-0.2, 0) is 24.8 Å². The molecule has 2 aromatic rings. The average molecular weight is 310 g/mol. The van der Waals surface area contributed by atoms with Crippen LogP contribution in [0.2, 0.25) is 5.02 Å². The standard InChI is InChI=1S/C15H17ClFN3O/c1-10-8-19-20(2)14(10)5-6-15(21)18-9-11-3-4-12(17)7-13(11)16/h3-4,7-8H,5-6,9H2,1-2H3,(H,18,21). The second kappa shape index (κ2) is 6.72. The molecule has 1 amide bonds. The van der Waals surface area contributed by atoms with Gasteiger partial charge in [-0.3, -0.25) is 9.48 Å². The molecule has 1 heterocycles. The summed E-state index contributed by atoms with van der Waals surface area (Å²) in [7, 11) is 1.86. The number of hydrogen-bond acceptors (Lipinski definition) is 2. The van der Waals surface area contributed by atoms with Gasteiger partial charge in [0.1, 0.15) is 5.82 Å². The highest BCUT2D eigenvalue weighted by atomic mass is 35.5. The monoisotopic (exact) mass is 309 g/mol. The van der Waals surface area contributed by atoms with Crippen LogP contribution in [0.25, 0.3) is 0 Å². The molecule has 2 rings (SSSR count). The van der Waals surface area contributed by atoms with Crippen molar-refractivity contribution in [1.82, 2.24) is 15.1 Å². The lowest BCUT2D eigenvalue weighted by Gasteiger charge is -2.08. The van der Waals surface area contributed by atoms with Crippen LogP contribution in [0, 0.1) is 12.7 Å². The molecule has 112 valence electrons. The minimum Gasteiger partial charge on any atom is -0.352 e. The molecule has 4 nitrogen and oxygen atoms in total. The van der Waals surface area contributed by atoms with Gasteiger partial charge in [0.05, 0.1) is 6.20 Å². The number of rotatable bonds is 5. The fourth-order valence-electron chi connectivity index (χ4n) is 2.11. The summed E-state index contributed by atoms with van der Waals surface area (Å²) >= 11 is 5.91. The van der Waals surface area contributed by atoms with Crippen LogP contribution in [0.4, 0.5) is 4.39 Å². The molecule has 0 spiro atoms. The summed E-state index contributed by atoms with van der Waals surface area (Å²) in [6, 6.07) is 4.14. The predicted octanol–water partition coefficient (Wildman–Crippen LogP) is 2.77. The van der Waals surface area contributed by atoms with Crippen LogP contribution >= 0.6 is 11.6 Å². The molecule has 0 aliphatic heterocycles. The van der Waals surface area contributed by atoms with E-state index in [9.17, 15) is 9.18 Å². The Hall–Kier alpha value is -1.88. The van der Waals surface area contributed by atoms with Crippen molar-refractivity contribution >= 4 is 17.5 Å². The molecule has 0 saturated carbocycles. The molecule has 1 N–H and O–H groups in total. The zero-order valence-corrected chi connectivity index (χ0v) is 12.7. The molecule has 6 heteroatoms. The predicted molar refractivity (Wildman–Crippen MR) is 79.5 cm³/mol. The second-order valence-corrected chi connectivity index (χ2v) is 5.32. The van der Waals surface area contributed by atoms with E-state index < -0.39 is 0 Å². The van der Waals surface area contributed by atoms with E-state index in [4.69, 9.17) is 11.6 Å². The molecule has 0 radical (unpaired) electrons. The SMILES string of the molecule is Cc1cnn(C)c1CCC(=O)NCc1ccc(F)cc1Cl. The molecule has 0 aliphatic carbocycles. The maximum atomic E-state index is 12.9. The van der Waals surface area contributed by atoms with Crippen molar-refractivity contribution in [2.75, 3.05) is 0 Å². The first kappa shape index (κ1) is 15.5. The largest absolute Gasteiger partial charge is 0.352 e. The minimum absolute atomic E-state index is 0.0732. The number of aryl methyl sites for hydroxylation is 2. The van der Waals surface area contributed by atoms with E-state index in [1.165, 1.54) is 12.1 Å². The number of amides is 1. The first-order valence-corrected chi connectivity index (χ1v) is 7.03. The van der Waals surface area contributed by atoms with Gasteiger partial charge in [-0.2, -0.15) is 5.10 Å². The normalized spacial score (nSPS) is 10.7. The van der Waals surface area contributed by atoms with Gasteiger partial charge in [-0.1, -0.05) is 17.7 Å². The molecule has 0 aliphatic rings. The van der Waals surface area contributed by atoms with Crippen LogP contribution in [0.5, 0.6) is 0 Å². The van der Waals surface area contributed by atoms with Crippen LogP contribution in [0.15, 0.2) is 24.4 Å². The third-order valence-electron chi connectivity index (χ3n) is 3.35. The Morgan fingerprint density at radius 3 is 2.86 bits per heavy atom. The Morgan fingerprint density at radius 1 is 1.48 bits per heavy atom. The highest BCUT2D eigenvalue weighted by molar-refractivity contribution is 6.31. The minimum atomic E-state index is -0.387. The number of nitrogens with one attached hydrogen (secondary N) is 1. The maximum absolute atomic E-state index is 12.9. The molecular weight excluding hydrogens is 293 g/mol. The summed E-state index contributed by atoms with van der Waals surface area (Å²) in [6.45, 7) is 2.26. The van der Waals surface area contributed by atoms with Crippen molar-refractivity contribution in [3.05, 3.63) is 52.1 Å². The second-order valence-electron chi connectivity index (χ2n) is 4.91. The number of benzene rings is 1. The van der Waals surface area contributed by atoms with Crippen molar-refractivity contribution in [3.8, 4) is 0 Å². The van der Waals surface area contributed by atoms with E-state index in [1.807, 2.05) is 14.0 Å². The summed E-state index contributed by atoms with van der Waals surface area (Å²) in [5.74, 6) is -0.460. The van der Waals surface area contributed by atoms with E-state index >= 15 is 0 Å². The summed E-state index contributed by atoms with van der Waals surface area (Å²) in [4.78, 5) is 11.9. The number of carbonyl (C=O) groups excluding carboxylic acids is 1. The molecule has 0 fully saturated rings. The van der Waals surface area contributed by atoms with Crippen LogP contribution in [-0.4, -0.2) is 15.7 Å². The van der Waals surface area contributed by atoms with Crippen molar-refractivity contribution in [2.24, 2.45) is 7.05 Å². The highest BCUT2D eigenvalue weighted by Gasteiger charge is 2.09. The van der Waals surface area contributed by atoms with E-state index in [0.29, 0.717) is 30.0 Å². The summed E-state index contributed by atoms with van der Waals surface area (Å²) in [6.07, 6.45) is 2.79. The third-order valence-corrected chi connectivity index (χ3v) is 3.70. The first-order valence-electron chi connectivity index (χ1n) is 6.65. The van der Waals surface area contributed by atoms with Crippen LogP contribution in [0.1, 0.15) is 23.2 Å². The highest BCUT2D eigenvalue weighted by Crippen LogP contribution is 2.17. The number of nitrogens with zero attached hydrogens (tertiary/aromatic N) is 2. The molecule has 0 saturated heterocycles. The number of hydrogen-bond donors (Lipinski definition) is 1. The van der Waals surface area contributed by atoms with Gasteiger partial charge in [-0.05, 0) is 36.6 Å². The first-order chi connectivity index (χ1) is 9.97. The van der Waals surface area contributed by atoms with Crippen molar-refractivity contribution in [3.63, 3.8) is 0 Å². The molecule has 0 atom stereocenters. The number of carbonyl (C=O) groups is 1. The quantitative estimate of drug-likeness (QED) is 0.923. The van der Waals surface area contributed by atoms with Crippen molar-refractivity contribution in [2.45, 2.75) is 26.3 Å². The lowest BCUT2D eigenvalue weighted by Crippen LogP contribution is -2.23. The van der Waals surface area contributed by atoms with Gasteiger partial charge < -0.3 is 5.32 Å². The van der Waals surface area contributed by atoms with Gasteiger partial charge in [0.25, 0.3) is 0 Å². The van der Waals surface area contributed by atoms with Gasteiger partial charge in [0.2, 0.25) is 5.91 Å². The Bertz CT molecular complexity index is 635. The van der Waals surface area contributed by atoms with E-state index in [2.05, 4.69) is 10.4 Å². The summed E-state index contributed by atoms with van der Waals surface area (Å²) < 4.78 is 14.7. The van der Waals surface area contributed by atoms with Gasteiger partial charge in [0, 0.05) is 30.7 Å². The smallest absolute Gasteiger partial charge is 0.220 e. The Labute approximate surface area is 127 Å². The molecule has 21 heavy (non-hydrogen) atoms. The van der Waals surface area contributed by atoms with Gasteiger partial charge in [0.15, 0.2) is 0 Å². The van der Waals surface area contributed by atoms with Gasteiger partial charge >= 0.3 is 0 Å². The number of aromatic nitrogens is 2. The van der Waals surface area contributed by atoms with Crippen LogP contribution in [0.3, 0.4) is 0 Å². The molecule has 0 unspecified atom stereocenters. The lowest BCUT2D eigenvalue weighted by molar-refractivity contribution is -0.121. The van der Waals surface area contributed by atoms with Crippen molar-refractivity contribution < 1.29 is 9.18 Å². The fraction of sp³-hybridized carbons (Fsp3) is 0.333. The molecule has 1 aromatic carbocycles. The van der Waals surface area contributed by atoms with E-state index in [1.54, 1.807) is 16.9 Å². The summed E-state index contributed by atoms with van der Waals surface area (Å²) in [5.41, 5.74) is 2.82. The Kier molecular flexibility index (Phi) is 4.96. The fourth-order valence-corrected chi connectivity index (χ4v) is 2.34. The zero-order valence-electron chi connectivity index (χ0n) is 12.0. The molecular formula is C15H17ClFN3O. The zero-order chi connectivity index (χ0) is 15.4. The average Bonchev–Trinajstić information content (AvgIpc) is 2.75. The Morgan fingerprint density at radius 2 is 2.24 bits per heavy atom. The van der Waals surface area contributed by atoms with Gasteiger partial charge in [-0.25, -0.2) is 4.39 Å². The van der Waals surface area contributed by atoms with Gasteiger partial charge in [-0.15, -0.1) is 0 Å². The Balaban J connectivity index is 1.85. The number of halogens is 2. The third kappa shape index (κ3) is 4.04. The van der Waals surface area contributed by atoms with E-state index in [-0.39, 0.29) is 11.7 Å². The molecule has 0 bridgehead atoms. The topological polar surface area (TPSA) is 46.9 Å². The maximum Gasteiger partial charge on any atom is 0.220 e. The molecule has 1 aromatic heterocycles. The van der Waals surface area contributed by atoms with Crippen molar-refractivity contribution in [1.29, 1.82) is 0 Å². The lowest BCUT2D eigenvalue weighted by atomic mass is 10.1.